The minimum atomic E-state index is -3.89. The van der Waals surface area contributed by atoms with Crippen molar-refractivity contribution in [1.29, 1.82) is 0 Å². The molecule has 0 aromatic heterocycles. The molecule has 0 bridgehead atoms. The third kappa shape index (κ3) is 2.62. The number of carbonyl (C=O) groups excluding carboxylic acids is 2. The molecule has 0 saturated heterocycles. The van der Waals surface area contributed by atoms with Crippen LogP contribution in [-0.2, 0) is 10.0 Å². The molecule has 1 aliphatic heterocycles. The lowest BCUT2D eigenvalue weighted by Crippen LogP contribution is -2.34. The summed E-state index contributed by atoms with van der Waals surface area (Å²) in [7, 11) is -3.89. The molecule has 0 aliphatic carbocycles. The maximum Gasteiger partial charge on any atom is 0.261 e. The molecule has 1 heterocycles. The molecule has 0 saturated carbocycles. The van der Waals surface area contributed by atoms with E-state index in [2.05, 4.69) is 10.0 Å². The average molecular weight is 366 g/mol. The highest BCUT2D eigenvalue weighted by atomic mass is 32.2. The summed E-state index contributed by atoms with van der Waals surface area (Å²) in [5.74, 6) is -1.09. The fourth-order valence-corrected chi connectivity index (χ4v) is 4.19. The van der Waals surface area contributed by atoms with E-state index in [0.717, 1.165) is 5.56 Å². The molecule has 6 nitrogen and oxygen atoms in total. The molecule has 0 radical (unpaired) electrons. The average Bonchev–Trinajstić information content (AvgIpc) is 2.58. The van der Waals surface area contributed by atoms with Crippen LogP contribution >= 0.6 is 0 Å². The number of rotatable bonds is 3. The van der Waals surface area contributed by atoms with Gasteiger partial charge in [-0.3, -0.25) is 19.6 Å². The molecule has 2 amide bonds. The van der Waals surface area contributed by atoms with E-state index in [4.69, 9.17) is 0 Å². The summed E-state index contributed by atoms with van der Waals surface area (Å²) < 4.78 is 28.1. The van der Waals surface area contributed by atoms with Gasteiger partial charge in [0, 0.05) is 22.2 Å². The number of aryl methyl sites for hydroxylation is 1. The number of carbonyl (C=O) groups is 2. The van der Waals surface area contributed by atoms with Crippen LogP contribution in [0.3, 0.4) is 0 Å². The van der Waals surface area contributed by atoms with Crippen molar-refractivity contribution in [2.75, 3.05) is 4.72 Å². The highest BCUT2D eigenvalue weighted by Crippen LogP contribution is 2.30. The highest BCUT2D eigenvalue weighted by molar-refractivity contribution is 7.92. The van der Waals surface area contributed by atoms with E-state index in [1.165, 1.54) is 12.1 Å². The van der Waals surface area contributed by atoms with Crippen molar-refractivity contribution in [3.63, 3.8) is 0 Å². The van der Waals surface area contributed by atoms with Gasteiger partial charge in [0.15, 0.2) is 0 Å². The zero-order valence-corrected chi connectivity index (χ0v) is 14.6. The summed E-state index contributed by atoms with van der Waals surface area (Å²) in [4.78, 5) is 24.2. The minimum Gasteiger partial charge on any atom is -0.288 e. The van der Waals surface area contributed by atoms with Crippen molar-refractivity contribution in [3.8, 4) is 0 Å². The largest absolute Gasteiger partial charge is 0.288 e. The maximum absolute atomic E-state index is 12.8. The van der Waals surface area contributed by atoms with Gasteiger partial charge in [-0.1, -0.05) is 24.3 Å². The van der Waals surface area contributed by atoms with Crippen molar-refractivity contribution in [2.45, 2.75) is 11.8 Å². The van der Waals surface area contributed by atoms with Gasteiger partial charge in [-0.25, -0.2) is 8.42 Å². The topological polar surface area (TPSA) is 92.3 Å². The first-order valence-electron chi connectivity index (χ1n) is 7.87. The van der Waals surface area contributed by atoms with E-state index < -0.39 is 21.8 Å². The van der Waals surface area contributed by atoms with Crippen molar-refractivity contribution in [3.05, 3.63) is 71.3 Å². The lowest BCUT2D eigenvalue weighted by Gasteiger charge is -2.18. The number of hydrogen-bond acceptors (Lipinski definition) is 4. The standard InChI is InChI=1S/C19H14N2O4S/c1-11-4-2-6-13(8-11)21-26(24,25)14-9-12-5-3-7-15-17(12)16(10-14)19(23)20-18(15)22/h2-10,21H,1H3,(H,20,22,23). The molecule has 0 fully saturated rings. The molecular formula is C19H14N2O4S. The summed E-state index contributed by atoms with van der Waals surface area (Å²) in [6.45, 7) is 1.86. The molecule has 26 heavy (non-hydrogen) atoms. The lowest BCUT2D eigenvalue weighted by molar-refractivity contribution is 0.0845. The van der Waals surface area contributed by atoms with Crippen LogP contribution in [0.25, 0.3) is 10.8 Å². The molecule has 1 aliphatic rings. The third-order valence-corrected chi connectivity index (χ3v) is 5.61. The Labute approximate surface area is 149 Å². The van der Waals surface area contributed by atoms with Crippen LogP contribution in [0.4, 0.5) is 5.69 Å². The number of sulfonamides is 1. The SMILES string of the molecule is Cc1cccc(NS(=O)(=O)c2cc3c4c(cccc4c2)C(=O)NC3=O)c1. The lowest BCUT2D eigenvalue weighted by atomic mass is 9.95. The third-order valence-electron chi connectivity index (χ3n) is 4.25. The van der Waals surface area contributed by atoms with Crippen LogP contribution in [0.5, 0.6) is 0 Å². The number of hydrogen-bond donors (Lipinski definition) is 2. The fourth-order valence-electron chi connectivity index (χ4n) is 3.08. The Hall–Kier alpha value is -3.19. The molecule has 3 aromatic carbocycles. The van der Waals surface area contributed by atoms with E-state index >= 15 is 0 Å². The van der Waals surface area contributed by atoms with Crippen LogP contribution < -0.4 is 10.0 Å². The van der Waals surface area contributed by atoms with Crippen molar-refractivity contribution >= 4 is 38.3 Å². The van der Waals surface area contributed by atoms with Gasteiger partial charge >= 0.3 is 0 Å². The van der Waals surface area contributed by atoms with Crippen molar-refractivity contribution < 1.29 is 18.0 Å². The first kappa shape index (κ1) is 16.3. The zero-order chi connectivity index (χ0) is 18.5. The number of anilines is 1. The first-order chi connectivity index (χ1) is 12.3. The van der Waals surface area contributed by atoms with Gasteiger partial charge in [0.2, 0.25) is 0 Å². The molecule has 0 unspecified atom stereocenters. The fraction of sp³-hybridized carbons (Fsp3) is 0.0526. The van der Waals surface area contributed by atoms with Gasteiger partial charge in [0.05, 0.1) is 4.90 Å². The van der Waals surface area contributed by atoms with Gasteiger partial charge in [-0.15, -0.1) is 0 Å². The number of benzene rings is 3. The Morgan fingerprint density at radius 3 is 2.38 bits per heavy atom. The normalized spacial score (nSPS) is 13.6. The first-order valence-corrected chi connectivity index (χ1v) is 9.35. The Balaban J connectivity index is 1.88. The second kappa shape index (κ2) is 5.67. The van der Waals surface area contributed by atoms with E-state index in [1.807, 2.05) is 13.0 Å². The van der Waals surface area contributed by atoms with Crippen LogP contribution in [-0.4, -0.2) is 20.2 Å². The number of nitrogens with one attached hydrogen (secondary N) is 2. The van der Waals surface area contributed by atoms with Crippen LogP contribution in [0.1, 0.15) is 26.3 Å². The molecular weight excluding hydrogens is 352 g/mol. The number of amides is 2. The molecule has 3 aromatic rings. The Bertz CT molecular complexity index is 1200. The molecule has 130 valence electrons. The minimum absolute atomic E-state index is 0.0387. The summed E-state index contributed by atoms with van der Waals surface area (Å²) in [5.41, 5.74) is 1.88. The van der Waals surface area contributed by atoms with Gasteiger partial charge in [-0.2, -0.15) is 0 Å². The second-order valence-corrected chi connectivity index (χ2v) is 7.82. The van der Waals surface area contributed by atoms with Gasteiger partial charge in [-0.05, 0) is 48.2 Å². The monoisotopic (exact) mass is 366 g/mol. The molecule has 0 spiro atoms. The predicted molar refractivity (Wildman–Crippen MR) is 97.7 cm³/mol. The van der Waals surface area contributed by atoms with Gasteiger partial charge < -0.3 is 0 Å². The molecule has 7 heteroatoms. The maximum atomic E-state index is 12.8. The molecule has 2 N–H and O–H groups in total. The second-order valence-electron chi connectivity index (χ2n) is 6.13. The number of imide groups is 1. The Morgan fingerprint density at radius 1 is 0.885 bits per heavy atom. The summed E-state index contributed by atoms with van der Waals surface area (Å²) >= 11 is 0. The van der Waals surface area contributed by atoms with Gasteiger partial charge in [0.1, 0.15) is 0 Å². The Morgan fingerprint density at radius 2 is 1.62 bits per heavy atom. The quantitative estimate of drug-likeness (QED) is 0.697. The summed E-state index contributed by atoms with van der Waals surface area (Å²) in [5, 5.41) is 3.23. The van der Waals surface area contributed by atoms with Crippen molar-refractivity contribution in [2.24, 2.45) is 0 Å². The van der Waals surface area contributed by atoms with E-state index in [0.29, 0.717) is 22.0 Å². The zero-order valence-electron chi connectivity index (χ0n) is 13.7. The molecule has 0 atom stereocenters. The van der Waals surface area contributed by atoms with Gasteiger partial charge in [0.25, 0.3) is 21.8 Å². The summed E-state index contributed by atoms with van der Waals surface area (Å²) in [6.07, 6.45) is 0. The van der Waals surface area contributed by atoms with Crippen LogP contribution in [0.2, 0.25) is 0 Å². The highest BCUT2D eigenvalue weighted by Gasteiger charge is 2.27. The Kier molecular flexibility index (Phi) is 3.55. The van der Waals surface area contributed by atoms with Crippen LogP contribution in [0.15, 0.2) is 59.5 Å². The smallest absolute Gasteiger partial charge is 0.261 e. The van der Waals surface area contributed by atoms with Crippen molar-refractivity contribution in [1.82, 2.24) is 5.32 Å². The van der Waals surface area contributed by atoms with E-state index in [1.54, 1.807) is 36.4 Å². The predicted octanol–water partition coefficient (Wildman–Crippen LogP) is 2.83. The molecule has 4 rings (SSSR count). The van der Waals surface area contributed by atoms with E-state index in [9.17, 15) is 18.0 Å². The van der Waals surface area contributed by atoms with E-state index in [-0.39, 0.29) is 10.5 Å². The summed E-state index contributed by atoms with van der Waals surface area (Å²) in [6, 6.07) is 14.7. The van der Waals surface area contributed by atoms with Crippen LogP contribution in [0, 0.1) is 6.92 Å².